The molecule has 0 aliphatic carbocycles. The molecule has 0 radical (unpaired) electrons. The molecule has 2 aromatic rings. The molecular weight excluding hydrogens is 474 g/mol. The zero-order valence-electron chi connectivity index (χ0n) is 22.0. The number of carbonyl (C=O) groups excluding carboxylic acids is 4. The number of anilines is 1. The summed E-state index contributed by atoms with van der Waals surface area (Å²) in [6, 6.07) is 12.4. The fourth-order valence-electron chi connectivity index (χ4n) is 4.39. The van der Waals surface area contributed by atoms with E-state index in [-0.39, 0.29) is 19.2 Å². The molecule has 37 heavy (non-hydrogen) atoms. The van der Waals surface area contributed by atoms with Crippen LogP contribution in [0.3, 0.4) is 0 Å². The highest BCUT2D eigenvalue weighted by molar-refractivity contribution is 5.95. The van der Waals surface area contributed by atoms with E-state index in [0.29, 0.717) is 24.1 Å². The fraction of sp³-hybridized carbons (Fsp3) is 0.429. The summed E-state index contributed by atoms with van der Waals surface area (Å²) in [5.41, 5.74) is 1.96. The summed E-state index contributed by atoms with van der Waals surface area (Å²) in [4.78, 5) is 52.4. The van der Waals surface area contributed by atoms with Crippen LogP contribution < -0.4 is 10.6 Å². The summed E-state index contributed by atoms with van der Waals surface area (Å²) in [6.07, 6.45) is 1.07. The summed E-state index contributed by atoms with van der Waals surface area (Å²) >= 11 is 0. The van der Waals surface area contributed by atoms with Gasteiger partial charge in [-0.25, -0.2) is 14.4 Å². The third kappa shape index (κ3) is 7.31. The van der Waals surface area contributed by atoms with Gasteiger partial charge in [-0.05, 0) is 76.8 Å². The average Bonchev–Trinajstić information content (AvgIpc) is 3.27. The molecule has 2 atom stereocenters. The molecule has 0 aromatic heterocycles. The van der Waals surface area contributed by atoms with Crippen molar-refractivity contribution in [3.05, 3.63) is 65.2 Å². The summed E-state index contributed by atoms with van der Waals surface area (Å²) < 4.78 is 10.6. The van der Waals surface area contributed by atoms with Crippen molar-refractivity contribution in [1.82, 2.24) is 10.2 Å². The van der Waals surface area contributed by atoms with Gasteiger partial charge in [0.15, 0.2) is 0 Å². The normalized spacial score (nSPS) is 17.2. The molecule has 3 rings (SSSR count). The Morgan fingerprint density at radius 3 is 2.43 bits per heavy atom. The molecule has 1 heterocycles. The van der Waals surface area contributed by atoms with E-state index in [1.54, 1.807) is 45.9 Å². The molecular formula is C28H35N3O6. The van der Waals surface area contributed by atoms with Crippen molar-refractivity contribution in [3.8, 4) is 0 Å². The number of aryl methyl sites for hydroxylation is 1. The first-order chi connectivity index (χ1) is 17.5. The van der Waals surface area contributed by atoms with Gasteiger partial charge in [0.25, 0.3) is 0 Å². The number of carbonyl (C=O) groups is 4. The van der Waals surface area contributed by atoms with Crippen LogP contribution in [0.5, 0.6) is 0 Å². The number of ether oxygens (including phenoxy) is 2. The molecule has 9 nitrogen and oxygen atoms in total. The molecule has 0 saturated carbocycles. The van der Waals surface area contributed by atoms with Crippen LogP contribution in [0.4, 0.5) is 10.5 Å². The molecule has 1 aliphatic rings. The molecule has 198 valence electrons. The van der Waals surface area contributed by atoms with Crippen LogP contribution in [0.1, 0.15) is 68.1 Å². The largest absolute Gasteiger partial charge is 0.462 e. The quantitative estimate of drug-likeness (QED) is 0.536. The van der Waals surface area contributed by atoms with Gasteiger partial charge in [-0.1, -0.05) is 30.3 Å². The lowest BCUT2D eigenvalue weighted by Gasteiger charge is -2.32. The van der Waals surface area contributed by atoms with Crippen molar-refractivity contribution in [2.24, 2.45) is 0 Å². The molecule has 9 heteroatoms. The van der Waals surface area contributed by atoms with E-state index in [4.69, 9.17) is 9.47 Å². The van der Waals surface area contributed by atoms with Crippen molar-refractivity contribution >= 4 is 29.6 Å². The zero-order valence-corrected chi connectivity index (χ0v) is 22.0. The first kappa shape index (κ1) is 27.7. The van der Waals surface area contributed by atoms with Gasteiger partial charge in [0.1, 0.15) is 11.6 Å². The van der Waals surface area contributed by atoms with Gasteiger partial charge in [-0.3, -0.25) is 4.79 Å². The Morgan fingerprint density at radius 2 is 1.76 bits per heavy atom. The van der Waals surface area contributed by atoms with Crippen molar-refractivity contribution in [1.29, 1.82) is 0 Å². The zero-order chi connectivity index (χ0) is 27.2. The number of nitrogens with one attached hydrogen (secondary N) is 2. The second kappa shape index (κ2) is 11.9. The number of hydrogen-bond donors (Lipinski definition) is 2. The highest BCUT2D eigenvalue weighted by atomic mass is 16.6. The van der Waals surface area contributed by atoms with E-state index in [1.807, 2.05) is 31.2 Å². The van der Waals surface area contributed by atoms with Crippen LogP contribution in [-0.4, -0.2) is 53.6 Å². The van der Waals surface area contributed by atoms with Gasteiger partial charge in [-0.15, -0.1) is 0 Å². The van der Waals surface area contributed by atoms with Crippen LogP contribution in [0.15, 0.2) is 48.5 Å². The Labute approximate surface area is 217 Å². The molecule has 1 aliphatic heterocycles. The number of amides is 3. The monoisotopic (exact) mass is 509 g/mol. The number of esters is 2. The van der Waals surface area contributed by atoms with Crippen molar-refractivity contribution in [2.75, 3.05) is 18.5 Å². The van der Waals surface area contributed by atoms with Crippen LogP contribution in [0.2, 0.25) is 0 Å². The number of benzene rings is 2. The Hall–Kier alpha value is -3.88. The fourth-order valence-corrected chi connectivity index (χ4v) is 4.39. The van der Waals surface area contributed by atoms with Crippen molar-refractivity contribution in [2.45, 2.75) is 65.1 Å². The highest BCUT2D eigenvalue weighted by Crippen LogP contribution is 2.38. The molecule has 1 saturated heterocycles. The minimum absolute atomic E-state index is 0.239. The van der Waals surface area contributed by atoms with Crippen LogP contribution in [0, 0.1) is 6.92 Å². The molecule has 2 N–H and O–H groups in total. The molecule has 3 amide bonds. The smallest absolute Gasteiger partial charge is 0.338 e. The van der Waals surface area contributed by atoms with Crippen LogP contribution >= 0.6 is 0 Å². The van der Waals surface area contributed by atoms with Gasteiger partial charge in [0.05, 0.1) is 24.8 Å². The Morgan fingerprint density at radius 1 is 1.03 bits per heavy atom. The van der Waals surface area contributed by atoms with E-state index >= 15 is 0 Å². The number of rotatable bonds is 7. The first-order valence-corrected chi connectivity index (χ1v) is 12.4. The second-order valence-corrected chi connectivity index (χ2v) is 9.91. The lowest BCUT2D eigenvalue weighted by Crippen LogP contribution is -2.48. The Bertz CT molecular complexity index is 1160. The van der Waals surface area contributed by atoms with Crippen molar-refractivity contribution in [3.63, 3.8) is 0 Å². The number of hydrogen-bond acceptors (Lipinski definition) is 6. The van der Waals surface area contributed by atoms with E-state index in [9.17, 15) is 19.2 Å². The standard InChI is InChI=1S/C28H35N3O6/c1-6-36-25(33)19-11-9-12-20(16-19)30-27(35)29-17-24(32)31-22(21-13-8-7-10-18(21)2)14-15-23(31)26(34)37-28(3,4)5/h7-13,16,22-23H,6,14-15,17H2,1-5H3,(H2,29,30,35)/t22?,23-/m0/s1. The lowest BCUT2D eigenvalue weighted by atomic mass is 9.99. The highest BCUT2D eigenvalue weighted by Gasteiger charge is 2.43. The van der Waals surface area contributed by atoms with E-state index in [2.05, 4.69) is 10.6 Å². The van der Waals surface area contributed by atoms with Crippen molar-refractivity contribution < 1.29 is 28.7 Å². The summed E-state index contributed by atoms with van der Waals surface area (Å²) in [5.74, 6) is -1.35. The lowest BCUT2D eigenvalue weighted by molar-refractivity contribution is -0.164. The van der Waals surface area contributed by atoms with Gasteiger partial charge < -0.3 is 25.0 Å². The van der Waals surface area contributed by atoms with Gasteiger partial charge in [0, 0.05) is 5.69 Å². The predicted octanol–water partition coefficient (Wildman–Crippen LogP) is 4.37. The SMILES string of the molecule is CCOC(=O)c1cccc(NC(=O)NCC(=O)N2C(c3ccccc3C)CC[C@H]2C(=O)OC(C)(C)C)c1. The third-order valence-corrected chi connectivity index (χ3v) is 5.93. The topological polar surface area (TPSA) is 114 Å². The number of urea groups is 1. The average molecular weight is 510 g/mol. The molecule has 0 bridgehead atoms. The van der Waals surface area contributed by atoms with Gasteiger partial charge in [0.2, 0.25) is 5.91 Å². The molecule has 2 aromatic carbocycles. The molecule has 0 spiro atoms. The number of likely N-dealkylation sites (tertiary alicyclic amines) is 1. The van der Waals surface area contributed by atoms with Crippen LogP contribution in [0.25, 0.3) is 0 Å². The third-order valence-electron chi connectivity index (χ3n) is 5.93. The molecule has 1 unspecified atom stereocenters. The second-order valence-electron chi connectivity index (χ2n) is 9.91. The summed E-state index contributed by atoms with van der Waals surface area (Å²) in [7, 11) is 0. The van der Waals surface area contributed by atoms with E-state index in [1.165, 1.54) is 11.0 Å². The maximum atomic E-state index is 13.4. The van der Waals surface area contributed by atoms with Gasteiger partial charge in [-0.2, -0.15) is 0 Å². The predicted molar refractivity (Wildman–Crippen MR) is 139 cm³/mol. The van der Waals surface area contributed by atoms with E-state index in [0.717, 1.165) is 11.1 Å². The minimum Gasteiger partial charge on any atom is -0.462 e. The Kier molecular flexibility index (Phi) is 8.91. The molecule has 1 fully saturated rings. The van der Waals surface area contributed by atoms with Crippen LogP contribution in [-0.2, 0) is 19.1 Å². The maximum absolute atomic E-state index is 13.4. The minimum atomic E-state index is -0.748. The summed E-state index contributed by atoms with van der Waals surface area (Å²) in [6.45, 7) is 8.96. The van der Waals surface area contributed by atoms with E-state index < -0.39 is 35.5 Å². The van der Waals surface area contributed by atoms with Gasteiger partial charge >= 0.3 is 18.0 Å². The number of nitrogens with zero attached hydrogens (tertiary/aromatic N) is 1. The first-order valence-electron chi connectivity index (χ1n) is 12.4. The summed E-state index contributed by atoms with van der Waals surface area (Å²) in [5, 5.41) is 5.19. The Balaban J connectivity index is 1.72. The maximum Gasteiger partial charge on any atom is 0.338 e.